The molecule has 88 valence electrons. The maximum absolute atomic E-state index is 13.0. The number of piperidine rings is 1. The van der Waals surface area contributed by atoms with Gasteiger partial charge in [0.1, 0.15) is 6.17 Å². The van der Waals surface area contributed by atoms with E-state index >= 15 is 0 Å². The molecule has 0 spiro atoms. The zero-order chi connectivity index (χ0) is 10.9. The predicted octanol–water partition coefficient (Wildman–Crippen LogP) is 3.39. The molecule has 0 N–H and O–H groups in total. The Morgan fingerprint density at radius 1 is 1.13 bits per heavy atom. The van der Waals surface area contributed by atoms with Crippen molar-refractivity contribution in [1.82, 2.24) is 4.90 Å². The van der Waals surface area contributed by atoms with Crippen molar-refractivity contribution < 1.29 is 4.39 Å². The maximum Gasteiger partial charge on any atom is 0.103 e. The lowest BCUT2D eigenvalue weighted by Crippen LogP contribution is -2.45. The molecule has 0 aromatic rings. The molecule has 1 aliphatic heterocycles. The number of hydrogen-bond acceptors (Lipinski definition) is 1. The second-order valence-corrected chi connectivity index (χ2v) is 6.12. The molecule has 2 heteroatoms. The Bertz CT molecular complexity index is 207. The third-order valence-corrected chi connectivity index (χ3v) is 4.15. The first-order valence-corrected chi connectivity index (χ1v) is 6.45. The molecule has 0 aromatic carbocycles. The monoisotopic (exact) mass is 213 g/mol. The zero-order valence-corrected chi connectivity index (χ0v) is 10.1. The second kappa shape index (κ2) is 4.40. The Morgan fingerprint density at radius 2 is 1.80 bits per heavy atom. The molecule has 0 unspecified atom stereocenters. The van der Waals surface area contributed by atoms with Gasteiger partial charge in [-0.05, 0) is 37.5 Å². The van der Waals surface area contributed by atoms with Crippen LogP contribution in [0.15, 0.2) is 0 Å². The average molecular weight is 213 g/mol. The van der Waals surface area contributed by atoms with Crippen LogP contribution >= 0.6 is 0 Å². The predicted molar refractivity (Wildman–Crippen MR) is 61.7 cm³/mol. The fraction of sp³-hybridized carbons (Fsp3) is 1.00. The van der Waals surface area contributed by atoms with Gasteiger partial charge in [-0.25, -0.2) is 4.39 Å². The van der Waals surface area contributed by atoms with Gasteiger partial charge in [-0.2, -0.15) is 0 Å². The minimum absolute atomic E-state index is 0.509. The van der Waals surface area contributed by atoms with E-state index in [2.05, 4.69) is 18.7 Å². The molecular formula is C13H24FN. The summed E-state index contributed by atoms with van der Waals surface area (Å²) >= 11 is 0. The van der Waals surface area contributed by atoms with Crippen LogP contribution in [0, 0.1) is 5.41 Å². The van der Waals surface area contributed by atoms with Crippen LogP contribution < -0.4 is 0 Å². The maximum atomic E-state index is 13.0. The molecule has 2 aliphatic rings. The van der Waals surface area contributed by atoms with Crippen LogP contribution in [0.2, 0.25) is 0 Å². The summed E-state index contributed by atoms with van der Waals surface area (Å²) in [5.41, 5.74) is 0.509. The van der Waals surface area contributed by atoms with Crippen LogP contribution in [0.1, 0.15) is 52.4 Å². The third kappa shape index (κ3) is 2.93. The largest absolute Gasteiger partial charge is 0.300 e. The highest BCUT2D eigenvalue weighted by molar-refractivity contribution is 4.87. The van der Waals surface area contributed by atoms with E-state index in [1.165, 1.54) is 25.7 Å². The number of nitrogens with zero attached hydrogens (tertiary/aromatic N) is 1. The smallest absolute Gasteiger partial charge is 0.103 e. The lowest BCUT2D eigenvalue weighted by atomic mass is 9.74. The molecule has 0 amide bonds. The highest BCUT2D eigenvalue weighted by atomic mass is 19.1. The normalized spacial score (nSPS) is 34.2. The van der Waals surface area contributed by atoms with Gasteiger partial charge in [-0.3, -0.25) is 0 Å². The van der Waals surface area contributed by atoms with E-state index in [0.717, 1.165) is 32.0 Å². The summed E-state index contributed by atoms with van der Waals surface area (Å²) in [6, 6.07) is 0.737. The van der Waals surface area contributed by atoms with Gasteiger partial charge < -0.3 is 4.90 Å². The van der Waals surface area contributed by atoms with Crippen LogP contribution in [0.25, 0.3) is 0 Å². The quantitative estimate of drug-likeness (QED) is 0.645. The van der Waals surface area contributed by atoms with Gasteiger partial charge in [0, 0.05) is 19.1 Å². The lowest BCUT2D eigenvalue weighted by molar-refractivity contribution is 0.0572. The van der Waals surface area contributed by atoms with E-state index in [9.17, 15) is 4.39 Å². The van der Waals surface area contributed by atoms with Gasteiger partial charge in [0.05, 0.1) is 0 Å². The third-order valence-electron chi connectivity index (χ3n) is 4.15. The molecule has 1 aliphatic carbocycles. The van der Waals surface area contributed by atoms with Crippen molar-refractivity contribution >= 4 is 0 Å². The number of rotatable bonds is 1. The first kappa shape index (κ1) is 11.4. The molecule has 1 saturated carbocycles. The Kier molecular flexibility index (Phi) is 3.34. The first-order chi connectivity index (χ1) is 7.07. The Balaban J connectivity index is 1.88. The molecule has 0 aromatic heterocycles. The van der Waals surface area contributed by atoms with Crippen LogP contribution in [0.4, 0.5) is 4.39 Å². The molecule has 2 fully saturated rings. The molecular weight excluding hydrogens is 189 g/mol. The molecule has 1 atom stereocenters. The summed E-state index contributed by atoms with van der Waals surface area (Å²) in [6.45, 7) is 6.73. The standard InChI is InChI=1S/C13H24FN/c1-13(2)7-3-4-12(10-13)15-8-5-11(14)6-9-15/h11-12H,3-10H2,1-2H3/t12-/m0/s1. The summed E-state index contributed by atoms with van der Waals surface area (Å²) in [5, 5.41) is 0. The number of likely N-dealkylation sites (tertiary alicyclic amines) is 1. The summed E-state index contributed by atoms with van der Waals surface area (Å²) in [6.07, 6.45) is 6.35. The van der Waals surface area contributed by atoms with Gasteiger partial charge in [0.2, 0.25) is 0 Å². The van der Waals surface area contributed by atoms with Gasteiger partial charge in [0.25, 0.3) is 0 Å². The number of alkyl halides is 1. The van der Waals surface area contributed by atoms with Crippen molar-refractivity contribution in [2.75, 3.05) is 13.1 Å². The average Bonchev–Trinajstić information content (AvgIpc) is 2.17. The molecule has 2 rings (SSSR count). The van der Waals surface area contributed by atoms with E-state index in [1.807, 2.05) is 0 Å². The van der Waals surface area contributed by atoms with E-state index < -0.39 is 6.17 Å². The minimum atomic E-state index is -0.530. The van der Waals surface area contributed by atoms with Gasteiger partial charge in [0.15, 0.2) is 0 Å². The van der Waals surface area contributed by atoms with E-state index in [1.54, 1.807) is 0 Å². The molecule has 15 heavy (non-hydrogen) atoms. The van der Waals surface area contributed by atoms with Crippen LogP contribution in [0.5, 0.6) is 0 Å². The molecule has 1 nitrogen and oxygen atoms in total. The van der Waals surface area contributed by atoms with Crippen LogP contribution in [-0.2, 0) is 0 Å². The minimum Gasteiger partial charge on any atom is -0.300 e. The Hall–Kier alpha value is -0.110. The highest BCUT2D eigenvalue weighted by Gasteiger charge is 2.32. The van der Waals surface area contributed by atoms with Crippen molar-refractivity contribution in [3.05, 3.63) is 0 Å². The van der Waals surface area contributed by atoms with E-state index in [4.69, 9.17) is 0 Å². The van der Waals surface area contributed by atoms with Crippen LogP contribution in [-0.4, -0.2) is 30.2 Å². The summed E-state index contributed by atoms with van der Waals surface area (Å²) in [7, 11) is 0. The van der Waals surface area contributed by atoms with Crippen molar-refractivity contribution in [3.63, 3.8) is 0 Å². The first-order valence-electron chi connectivity index (χ1n) is 6.45. The van der Waals surface area contributed by atoms with Crippen molar-refractivity contribution in [3.8, 4) is 0 Å². The lowest BCUT2D eigenvalue weighted by Gasteiger charge is -2.43. The topological polar surface area (TPSA) is 3.24 Å². The Labute approximate surface area is 93.0 Å². The van der Waals surface area contributed by atoms with Crippen molar-refractivity contribution in [1.29, 1.82) is 0 Å². The molecule has 0 radical (unpaired) electrons. The number of halogens is 1. The van der Waals surface area contributed by atoms with Gasteiger partial charge in [-0.1, -0.05) is 20.3 Å². The van der Waals surface area contributed by atoms with Crippen LogP contribution in [0.3, 0.4) is 0 Å². The molecule has 1 saturated heterocycles. The summed E-state index contributed by atoms with van der Waals surface area (Å²) in [5.74, 6) is 0. The molecule has 1 heterocycles. The zero-order valence-electron chi connectivity index (χ0n) is 10.1. The van der Waals surface area contributed by atoms with Gasteiger partial charge in [-0.15, -0.1) is 0 Å². The number of hydrogen-bond donors (Lipinski definition) is 0. The molecule has 0 bridgehead atoms. The second-order valence-electron chi connectivity index (χ2n) is 6.12. The summed E-state index contributed by atoms with van der Waals surface area (Å²) in [4.78, 5) is 2.54. The van der Waals surface area contributed by atoms with Gasteiger partial charge >= 0.3 is 0 Å². The van der Waals surface area contributed by atoms with Crippen molar-refractivity contribution in [2.24, 2.45) is 5.41 Å². The fourth-order valence-electron chi connectivity index (χ4n) is 3.20. The fourth-order valence-corrected chi connectivity index (χ4v) is 3.20. The van der Waals surface area contributed by atoms with E-state index in [-0.39, 0.29) is 0 Å². The van der Waals surface area contributed by atoms with Crippen molar-refractivity contribution in [2.45, 2.75) is 64.6 Å². The highest BCUT2D eigenvalue weighted by Crippen LogP contribution is 2.38. The SMILES string of the molecule is CC1(C)CCC[C@H](N2CCC(F)CC2)C1. The Morgan fingerprint density at radius 3 is 2.40 bits per heavy atom. The van der Waals surface area contributed by atoms with E-state index in [0.29, 0.717) is 5.41 Å². The summed E-state index contributed by atoms with van der Waals surface area (Å²) < 4.78 is 13.0.